The molecule has 1 aliphatic heterocycles. The quantitative estimate of drug-likeness (QED) is 0.841. The predicted molar refractivity (Wildman–Crippen MR) is 63.9 cm³/mol. The summed E-state index contributed by atoms with van der Waals surface area (Å²) < 4.78 is 43.6. The van der Waals surface area contributed by atoms with Crippen LogP contribution in [0.3, 0.4) is 0 Å². The average Bonchev–Trinajstić information content (AvgIpc) is 2.36. The van der Waals surface area contributed by atoms with E-state index in [1.807, 2.05) is 0 Å². The molecule has 0 amide bonds. The lowest BCUT2D eigenvalue weighted by Gasteiger charge is -2.27. The molecule has 0 spiro atoms. The van der Waals surface area contributed by atoms with Gasteiger partial charge in [0.25, 0.3) is 0 Å². The fraction of sp³-hybridized carbons (Fsp3) is 0.462. The molecule has 1 aromatic carbocycles. The maximum Gasteiger partial charge on any atom is 0.418 e. The first-order valence-corrected chi connectivity index (χ1v) is 6.05. The number of carbonyl (C=O) groups excluding carboxylic acids is 1. The van der Waals surface area contributed by atoms with Gasteiger partial charge in [-0.1, -0.05) is 12.1 Å². The number of carbonyl (C=O) groups is 1. The summed E-state index contributed by atoms with van der Waals surface area (Å²) in [5.74, 6) is -1.09. The molecule has 0 aromatic heterocycles. The number of anilines is 1. The van der Waals surface area contributed by atoms with Crippen LogP contribution < -0.4 is 5.32 Å². The Morgan fingerprint density at radius 2 is 2.21 bits per heavy atom. The van der Waals surface area contributed by atoms with E-state index in [2.05, 4.69) is 5.32 Å². The molecular formula is C13H14F3NO2. The first-order valence-electron chi connectivity index (χ1n) is 6.05. The molecule has 0 saturated carbocycles. The Balaban J connectivity index is 2.43. The minimum Gasteiger partial charge on any atom is -0.466 e. The Kier molecular flexibility index (Phi) is 3.68. The third kappa shape index (κ3) is 2.67. The monoisotopic (exact) mass is 273 g/mol. The number of nitrogens with one attached hydrogen (secondary N) is 1. The Labute approximate surface area is 108 Å². The molecule has 1 heterocycles. The van der Waals surface area contributed by atoms with E-state index in [4.69, 9.17) is 4.74 Å². The number of benzene rings is 1. The van der Waals surface area contributed by atoms with Crippen LogP contribution in [0.4, 0.5) is 18.9 Å². The summed E-state index contributed by atoms with van der Waals surface area (Å²) in [6, 6.07) is 3.87. The second-order valence-corrected chi connectivity index (χ2v) is 4.29. The number of ether oxygens (including phenoxy) is 1. The standard InChI is InChI=1S/C13H14F3NO2/c1-2-19-12(18)9-6-7-17-11-8(9)4-3-5-10(11)13(14,15)16/h3-5,9,17H,2,6-7H2,1H3. The van der Waals surface area contributed by atoms with E-state index in [0.29, 0.717) is 18.5 Å². The topological polar surface area (TPSA) is 38.3 Å². The molecular weight excluding hydrogens is 259 g/mol. The van der Waals surface area contributed by atoms with E-state index in [9.17, 15) is 18.0 Å². The zero-order valence-electron chi connectivity index (χ0n) is 10.4. The first kappa shape index (κ1) is 13.7. The zero-order chi connectivity index (χ0) is 14.0. The van der Waals surface area contributed by atoms with Crippen molar-refractivity contribution in [2.24, 2.45) is 0 Å². The van der Waals surface area contributed by atoms with Crippen LogP contribution in [0.15, 0.2) is 18.2 Å². The second kappa shape index (κ2) is 5.11. The van der Waals surface area contributed by atoms with Gasteiger partial charge in [0.15, 0.2) is 0 Å². The molecule has 1 aromatic rings. The normalized spacial score (nSPS) is 18.4. The van der Waals surface area contributed by atoms with E-state index in [1.165, 1.54) is 6.07 Å². The van der Waals surface area contributed by atoms with Gasteiger partial charge in [-0.25, -0.2) is 0 Å². The van der Waals surface area contributed by atoms with Crippen molar-refractivity contribution in [2.75, 3.05) is 18.5 Å². The van der Waals surface area contributed by atoms with E-state index < -0.39 is 23.6 Å². The molecule has 1 N–H and O–H groups in total. The number of rotatable bonds is 2. The molecule has 2 rings (SSSR count). The molecule has 0 aliphatic carbocycles. The van der Waals surface area contributed by atoms with Gasteiger partial charge in [-0.05, 0) is 25.0 Å². The van der Waals surface area contributed by atoms with E-state index in [0.717, 1.165) is 6.07 Å². The lowest BCUT2D eigenvalue weighted by molar-refractivity contribution is -0.145. The van der Waals surface area contributed by atoms with Gasteiger partial charge in [0.1, 0.15) is 0 Å². The smallest absolute Gasteiger partial charge is 0.418 e. The summed E-state index contributed by atoms with van der Waals surface area (Å²) >= 11 is 0. The van der Waals surface area contributed by atoms with Gasteiger partial charge in [-0.2, -0.15) is 13.2 Å². The fourth-order valence-corrected chi connectivity index (χ4v) is 2.28. The highest BCUT2D eigenvalue weighted by Crippen LogP contribution is 2.41. The summed E-state index contributed by atoms with van der Waals surface area (Å²) in [5, 5.41) is 2.74. The van der Waals surface area contributed by atoms with Crippen LogP contribution in [-0.4, -0.2) is 19.1 Å². The van der Waals surface area contributed by atoms with Gasteiger partial charge in [-0.15, -0.1) is 0 Å². The molecule has 3 nitrogen and oxygen atoms in total. The molecule has 0 radical (unpaired) electrons. The molecule has 104 valence electrons. The number of para-hydroxylation sites is 1. The highest BCUT2D eigenvalue weighted by molar-refractivity contribution is 5.82. The van der Waals surface area contributed by atoms with Crippen LogP contribution in [0.5, 0.6) is 0 Å². The van der Waals surface area contributed by atoms with Crippen molar-refractivity contribution >= 4 is 11.7 Å². The van der Waals surface area contributed by atoms with Crippen LogP contribution in [0, 0.1) is 0 Å². The average molecular weight is 273 g/mol. The van der Waals surface area contributed by atoms with Crippen LogP contribution in [-0.2, 0) is 15.7 Å². The lowest BCUT2D eigenvalue weighted by Crippen LogP contribution is -2.26. The van der Waals surface area contributed by atoms with Gasteiger partial charge in [0.05, 0.1) is 23.8 Å². The number of halogens is 3. The Bertz CT molecular complexity index is 485. The fourth-order valence-electron chi connectivity index (χ4n) is 2.28. The highest BCUT2D eigenvalue weighted by atomic mass is 19.4. The lowest BCUT2D eigenvalue weighted by atomic mass is 9.89. The first-order chi connectivity index (χ1) is 8.95. The Morgan fingerprint density at radius 3 is 2.84 bits per heavy atom. The predicted octanol–water partition coefficient (Wildman–Crippen LogP) is 3.17. The van der Waals surface area contributed by atoms with Crippen molar-refractivity contribution in [2.45, 2.75) is 25.4 Å². The largest absolute Gasteiger partial charge is 0.466 e. The molecule has 0 fully saturated rings. The Hall–Kier alpha value is -1.72. The summed E-state index contributed by atoms with van der Waals surface area (Å²) in [6.45, 7) is 2.21. The van der Waals surface area contributed by atoms with Gasteiger partial charge in [-0.3, -0.25) is 4.79 Å². The number of hydrogen-bond donors (Lipinski definition) is 1. The van der Waals surface area contributed by atoms with Crippen molar-refractivity contribution in [1.29, 1.82) is 0 Å². The van der Waals surface area contributed by atoms with Crippen molar-refractivity contribution < 1.29 is 22.7 Å². The summed E-state index contributed by atoms with van der Waals surface area (Å²) in [5.41, 5.74) is -0.377. The third-order valence-electron chi connectivity index (χ3n) is 3.08. The van der Waals surface area contributed by atoms with Crippen molar-refractivity contribution in [3.8, 4) is 0 Å². The SMILES string of the molecule is CCOC(=O)C1CCNc2c1cccc2C(F)(F)F. The number of esters is 1. The molecule has 19 heavy (non-hydrogen) atoms. The summed E-state index contributed by atoms with van der Waals surface area (Å²) in [7, 11) is 0. The third-order valence-corrected chi connectivity index (χ3v) is 3.08. The molecule has 1 atom stereocenters. The van der Waals surface area contributed by atoms with Crippen LogP contribution >= 0.6 is 0 Å². The summed E-state index contributed by atoms with van der Waals surface area (Å²) in [6.07, 6.45) is -4.00. The van der Waals surface area contributed by atoms with E-state index in [1.54, 1.807) is 13.0 Å². The van der Waals surface area contributed by atoms with Crippen molar-refractivity contribution in [1.82, 2.24) is 0 Å². The van der Waals surface area contributed by atoms with Gasteiger partial charge in [0.2, 0.25) is 0 Å². The molecule has 1 unspecified atom stereocenters. The Morgan fingerprint density at radius 1 is 1.47 bits per heavy atom. The highest BCUT2D eigenvalue weighted by Gasteiger charge is 2.38. The molecule has 0 bridgehead atoms. The second-order valence-electron chi connectivity index (χ2n) is 4.29. The van der Waals surface area contributed by atoms with Gasteiger partial charge >= 0.3 is 12.1 Å². The number of fused-ring (bicyclic) bond motifs is 1. The number of alkyl halides is 3. The minimum absolute atomic E-state index is 0.000645. The van der Waals surface area contributed by atoms with Crippen LogP contribution in [0.1, 0.15) is 30.4 Å². The van der Waals surface area contributed by atoms with Crippen molar-refractivity contribution in [3.63, 3.8) is 0 Å². The zero-order valence-corrected chi connectivity index (χ0v) is 10.4. The maximum atomic E-state index is 12.9. The summed E-state index contributed by atoms with van der Waals surface area (Å²) in [4.78, 5) is 11.8. The van der Waals surface area contributed by atoms with E-state index >= 15 is 0 Å². The van der Waals surface area contributed by atoms with E-state index in [-0.39, 0.29) is 12.3 Å². The van der Waals surface area contributed by atoms with Gasteiger partial charge in [0, 0.05) is 6.54 Å². The van der Waals surface area contributed by atoms with Gasteiger partial charge < -0.3 is 10.1 Å². The molecule has 6 heteroatoms. The molecule has 0 saturated heterocycles. The molecule has 1 aliphatic rings. The van der Waals surface area contributed by atoms with Crippen molar-refractivity contribution in [3.05, 3.63) is 29.3 Å². The maximum absolute atomic E-state index is 12.9. The van der Waals surface area contributed by atoms with Crippen LogP contribution in [0.25, 0.3) is 0 Å². The number of hydrogen-bond acceptors (Lipinski definition) is 3. The van der Waals surface area contributed by atoms with Crippen LogP contribution in [0.2, 0.25) is 0 Å². The minimum atomic E-state index is -4.44.